The van der Waals surface area contributed by atoms with Crippen LogP contribution in [0.3, 0.4) is 0 Å². The number of benzene rings is 1. The van der Waals surface area contributed by atoms with Gasteiger partial charge in [-0.05, 0) is 18.2 Å². The summed E-state index contributed by atoms with van der Waals surface area (Å²) in [5, 5.41) is 36.1. The molecular weight excluding hydrogens is 190 g/mol. The fraction of sp³-hybridized carbons (Fsp3) is 0.125. The highest BCUT2D eigenvalue weighted by atomic mass is 16.7. The van der Waals surface area contributed by atoms with Gasteiger partial charge in [-0.2, -0.15) is 0 Å². The lowest BCUT2D eigenvalue weighted by Crippen LogP contribution is -2.37. The molecule has 1 rings (SSSR count). The summed E-state index contributed by atoms with van der Waals surface area (Å²) in [6.07, 6.45) is -3.06. The summed E-state index contributed by atoms with van der Waals surface area (Å²) in [5.41, 5.74) is 0.0525. The summed E-state index contributed by atoms with van der Waals surface area (Å²) in [4.78, 5) is 10.5. The van der Waals surface area contributed by atoms with E-state index < -0.39 is 12.1 Å². The number of aromatic carboxylic acids is 1. The van der Waals surface area contributed by atoms with Crippen molar-refractivity contribution >= 4 is 11.7 Å². The van der Waals surface area contributed by atoms with Gasteiger partial charge in [0.05, 0.1) is 5.56 Å². The molecule has 0 amide bonds. The van der Waals surface area contributed by atoms with E-state index in [1.165, 1.54) is 18.2 Å². The minimum atomic E-state index is -3.06. The van der Waals surface area contributed by atoms with E-state index >= 15 is 0 Å². The predicted molar refractivity (Wildman–Crippen MR) is 46.4 cm³/mol. The molecule has 0 saturated carbocycles. The zero-order valence-corrected chi connectivity index (χ0v) is 7.01. The zero-order valence-electron chi connectivity index (χ0n) is 7.01. The first kappa shape index (κ1) is 10.5. The van der Waals surface area contributed by atoms with Gasteiger partial charge in [-0.25, -0.2) is 4.79 Å². The Kier molecular flexibility index (Phi) is 2.70. The highest BCUT2D eigenvalue weighted by molar-refractivity contribution is 5.88. The lowest BCUT2D eigenvalue weighted by molar-refractivity contribution is -0.289. The number of hydrogen-bond acceptors (Lipinski definition) is 5. The van der Waals surface area contributed by atoms with Crippen LogP contribution in [0.5, 0.6) is 0 Å². The number of anilines is 1. The fourth-order valence-corrected chi connectivity index (χ4v) is 0.924. The minimum Gasteiger partial charge on any atom is -0.478 e. The van der Waals surface area contributed by atoms with Crippen LogP contribution in [0, 0.1) is 0 Å². The van der Waals surface area contributed by atoms with Gasteiger partial charge < -0.3 is 25.7 Å². The standard InChI is InChI=1S/C8H9NO5/c10-7(11)5-2-1-3-6(4-5)9-8(12,13)14/h1-4,9,12-14H,(H,10,11). The van der Waals surface area contributed by atoms with E-state index in [0.717, 1.165) is 6.07 Å². The largest absolute Gasteiger partial charge is 0.478 e. The molecule has 14 heavy (non-hydrogen) atoms. The summed E-state index contributed by atoms with van der Waals surface area (Å²) >= 11 is 0. The van der Waals surface area contributed by atoms with Gasteiger partial charge in [0, 0.05) is 5.69 Å². The number of carboxylic acid groups (broad SMARTS) is 1. The second-order valence-electron chi connectivity index (χ2n) is 2.65. The molecule has 0 bridgehead atoms. The van der Waals surface area contributed by atoms with Crippen molar-refractivity contribution in [2.45, 2.75) is 6.10 Å². The Bertz CT molecular complexity index is 344. The molecule has 6 nitrogen and oxygen atoms in total. The quantitative estimate of drug-likeness (QED) is 0.415. The monoisotopic (exact) mass is 199 g/mol. The van der Waals surface area contributed by atoms with Gasteiger partial charge in [-0.15, -0.1) is 0 Å². The number of carbonyl (C=O) groups is 1. The van der Waals surface area contributed by atoms with Crippen molar-refractivity contribution in [2.75, 3.05) is 5.32 Å². The maximum Gasteiger partial charge on any atom is 0.367 e. The smallest absolute Gasteiger partial charge is 0.367 e. The van der Waals surface area contributed by atoms with Crippen LogP contribution in [0.4, 0.5) is 5.69 Å². The molecule has 0 aromatic heterocycles. The average Bonchev–Trinajstić information content (AvgIpc) is 2.01. The molecule has 1 aromatic carbocycles. The normalized spacial score (nSPS) is 11.1. The molecule has 5 N–H and O–H groups in total. The molecule has 0 aliphatic carbocycles. The number of aliphatic hydroxyl groups is 3. The van der Waals surface area contributed by atoms with Gasteiger partial charge in [0.15, 0.2) is 0 Å². The van der Waals surface area contributed by atoms with Crippen LogP contribution in [0.15, 0.2) is 24.3 Å². The van der Waals surface area contributed by atoms with Crippen LogP contribution in [0.25, 0.3) is 0 Å². The first-order chi connectivity index (χ1) is 6.38. The highest BCUT2D eigenvalue weighted by Crippen LogP contribution is 2.12. The summed E-state index contributed by atoms with van der Waals surface area (Å²) in [5.74, 6) is -1.15. The molecular formula is C8H9NO5. The Labute approximate surface area is 79.0 Å². The van der Waals surface area contributed by atoms with Gasteiger partial charge in [0.1, 0.15) is 0 Å². The van der Waals surface area contributed by atoms with Gasteiger partial charge >= 0.3 is 12.1 Å². The van der Waals surface area contributed by atoms with E-state index in [2.05, 4.69) is 0 Å². The second kappa shape index (κ2) is 3.62. The highest BCUT2D eigenvalue weighted by Gasteiger charge is 2.17. The van der Waals surface area contributed by atoms with Gasteiger partial charge in [0.2, 0.25) is 0 Å². The zero-order chi connectivity index (χ0) is 10.8. The van der Waals surface area contributed by atoms with E-state index in [9.17, 15) is 4.79 Å². The van der Waals surface area contributed by atoms with E-state index in [-0.39, 0.29) is 11.3 Å². The summed E-state index contributed by atoms with van der Waals surface area (Å²) in [6.45, 7) is 0. The van der Waals surface area contributed by atoms with Crippen molar-refractivity contribution in [1.82, 2.24) is 0 Å². The second-order valence-corrected chi connectivity index (χ2v) is 2.65. The molecule has 0 unspecified atom stereocenters. The molecule has 0 aliphatic heterocycles. The number of carboxylic acids is 1. The summed E-state index contributed by atoms with van der Waals surface area (Å²) in [6, 6.07) is 5.27. The first-order valence-electron chi connectivity index (χ1n) is 3.67. The van der Waals surface area contributed by atoms with Crippen molar-refractivity contribution in [3.8, 4) is 0 Å². The third-order valence-electron chi connectivity index (χ3n) is 1.42. The molecule has 0 saturated heterocycles. The molecule has 0 heterocycles. The van der Waals surface area contributed by atoms with Gasteiger partial charge in [-0.1, -0.05) is 6.07 Å². The van der Waals surface area contributed by atoms with Crippen LogP contribution >= 0.6 is 0 Å². The van der Waals surface area contributed by atoms with Crippen LogP contribution in [-0.2, 0) is 0 Å². The predicted octanol–water partition coefficient (Wildman–Crippen LogP) is -0.615. The number of rotatable bonds is 3. The lowest BCUT2D eigenvalue weighted by Gasteiger charge is -2.16. The van der Waals surface area contributed by atoms with E-state index in [1.807, 2.05) is 5.32 Å². The van der Waals surface area contributed by atoms with Crippen molar-refractivity contribution < 1.29 is 25.2 Å². The third-order valence-corrected chi connectivity index (χ3v) is 1.42. The Morgan fingerprint density at radius 2 is 1.93 bits per heavy atom. The van der Waals surface area contributed by atoms with Crippen LogP contribution in [-0.4, -0.2) is 32.5 Å². The lowest BCUT2D eigenvalue weighted by atomic mass is 10.2. The Morgan fingerprint density at radius 3 is 2.43 bits per heavy atom. The Morgan fingerprint density at radius 1 is 1.29 bits per heavy atom. The molecule has 6 heteroatoms. The maximum absolute atomic E-state index is 10.5. The number of hydrogen-bond donors (Lipinski definition) is 5. The summed E-state index contributed by atoms with van der Waals surface area (Å²) in [7, 11) is 0. The maximum atomic E-state index is 10.5. The molecule has 0 spiro atoms. The molecule has 0 atom stereocenters. The molecule has 76 valence electrons. The minimum absolute atomic E-state index is 0.0285. The van der Waals surface area contributed by atoms with Crippen molar-refractivity contribution in [3.05, 3.63) is 29.8 Å². The van der Waals surface area contributed by atoms with Crippen LogP contribution in [0.1, 0.15) is 10.4 Å². The molecule has 1 aromatic rings. The molecule has 0 radical (unpaired) electrons. The fourth-order valence-electron chi connectivity index (χ4n) is 0.924. The first-order valence-corrected chi connectivity index (χ1v) is 3.67. The van der Waals surface area contributed by atoms with Gasteiger partial charge in [-0.3, -0.25) is 0 Å². The SMILES string of the molecule is O=C(O)c1cccc(NC(O)(O)O)c1. The van der Waals surface area contributed by atoms with Crippen LogP contribution < -0.4 is 5.32 Å². The number of nitrogens with one attached hydrogen (secondary N) is 1. The Balaban J connectivity index is 2.89. The van der Waals surface area contributed by atoms with E-state index in [1.54, 1.807) is 0 Å². The summed E-state index contributed by atoms with van der Waals surface area (Å²) < 4.78 is 0. The van der Waals surface area contributed by atoms with Gasteiger partial charge in [0.25, 0.3) is 0 Å². The average molecular weight is 199 g/mol. The van der Waals surface area contributed by atoms with E-state index in [4.69, 9.17) is 20.4 Å². The van der Waals surface area contributed by atoms with Crippen LogP contribution in [0.2, 0.25) is 0 Å². The Hall–Kier alpha value is -1.63. The van der Waals surface area contributed by atoms with E-state index in [0.29, 0.717) is 0 Å². The molecule has 0 aliphatic rings. The third kappa shape index (κ3) is 3.02. The molecule has 0 fully saturated rings. The van der Waals surface area contributed by atoms with Crippen molar-refractivity contribution in [1.29, 1.82) is 0 Å². The topological polar surface area (TPSA) is 110 Å². The van der Waals surface area contributed by atoms with Crippen molar-refractivity contribution in [2.24, 2.45) is 0 Å². The van der Waals surface area contributed by atoms with Crippen molar-refractivity contribution in [3.63, 3.8) is 0 Å².